The number of hydrogen-bond acceptors (Lipinski definition) is 3. The molecule has 3 rings (SSSR count). The Kier molecular flexibility index (Phi) is 3.07. The van der Waals surface area contributed by atoms with Crippen molar-refractivity contribution >= 4 is 5.78 Å². The summed E-state index contributed by atoms with van der Waals surface area (Å²) >= 11 is 0. The molecule has 0 unspecified atom stereocenters. The molecule has 0 amide bonds. The maximum absolute atomic E-state index is 11.5. The van der Waals surface area contributed by atoms with Gasteiger partial charge in [-0.05, 0) is 30.2 Å². The van der Waals surface area contributed by atoms with E-state index in [4.69, 9.17) is 4.74 Å². The molecule has 0 spiro atoms. The molecule has 98 valence electrons. The first-order chi connectivity index (χ1) is 9.24. The summed E-state index contributed by atoms with van der Waals surface area (Å²) in [5, 5.41) is 0. The van der Waals surface area contributed by atoms with Crippen LogP contribution in [0.4, 0.5) is 0 Å². The van der Waals surface area contributed by atoms with E-state index in [2.05, 4.69) is 4.98 Å². The maximum atomic E-state index is 11.5. The number of ketones is 1. The monoisotopic (exact) mass is 256 g/mol. The third kappa shape index (κ3) is 2.38. The van der Waals surface area contributed by atoms with Gasteiger partial charge in [-0.1, -0.05) is 0 Å². The fourth-order valence-corrected chi connectivity index (χ4v) is 2.42. The number of carbonyl (C=O) groups is 1. The first kappa shape index (κ1) is 12.0. The first-order valence-corrected chi connectivity index (χ1v) is 6.49. The van der Waals surface area contributed by atoms with Gasteiger partial charge in [-0.25, -0.2) is 4.98 Å². The van der Waals surface area contributed by atoms with E-state index in [-0.39, 0.29) is 5.78 Å². The molecule has 1 aliphatic carbocycles. The molecular weight excluding hydrogens is 240 g/mol. The molecular formula is C15H16N2O2. The second-order valence-electron chi connectivity index (χ2n) is 4.79. The highest BCUT2D eigenvalue weighted by molar-refractivity contribution is 6.00. The number of hydrogen-bond donors (Lipinski definition) is 0. The molecule has 0 saturated heterocycles. The molecule has 1 aromatic carbocycles. The number of Topliss-reactive ketones (excluding diaryl/α,β-unsaturated/α-hetero) is 1. The van der Waals surface area contributed by atoms with Crippen LogP contribution >= 0.6 is 0 Å². The summed E-state index contributed by atoms with van der Waals surface area (Å²) in [4.78, 5) is 15.8. The number of rotatable bonds is 4. The number of carbonyl (C=O) groups excluding carboxylic acids is 1. The maximum Gasteiger partial charge on any atom is 0.163 e. The highest BCUT2D eigenvalue weighted by Crippen LogP contribution is 2.26. The van der Waals surface area contributed by atoms with Crippen molar-refractivity contribution in [1.29, 1.82) is 0 Å². The van der Waals surface area contributed by atoms with Crippen molar-refractivity contribution in [2.75, 3.05) is 6.61 Å². The minimum absolute atomic E-state index is 0.245. The smallest absolute Gasteiger partial charge is 0.163 e. The Bertz CT molecular complexity index is 616. The summed E-state index contributed by atoms with van der Waals surface area (Å²) in [6.07, 6.45) is 5.96. The van der Waals surface area contributed by atoms with Crippen molar-refractivity contribution in [3.8, 4) is 5.75 Å². The number of imidazole rings is 1. The Labute approximate surface area is 112 Å². The zero-order chi connectivity index (χ0) is 13.2. The molecule has 0 atom stereocenters. The number of aryl methyl sites for hydroxylation is 2. The van der Waals surface area contributed by atoms with Crippen molar-refractivity contribution in [2.45, 2.75) is 19.3 Å². The van der Waals surface area contributed by atoms with Crippen molar-refractivity contribution in [3.63, 3.8) is 0 Å². The normalized spacial score (nSPS) is 13.6. The van der Waals surface area contributed by atoms with Crippen LogP contribution in [0.25, 0.3) is 0 Å². The van der Waals surface area contributed by atoms with Gasteiger partial charge in [-0.15, -0.1) is 0 Å². The van der Waals surface area contributed by atoms with E-state index in [1.807, 2.05) is 36.0 Å². The summed E-state index contributed by atoms with van der Waals surface area (Å²) in [5.41, 5.74) is 1.97. The molecule has 0 fully saturated rings. The summed E-state index contributed by atoms with van der Waals surface area (Å²) in [5.74, 6) is 2.09. The van der Waals surface area contributed by atoms with Crippen LogP contribution in [-0.2, 0) is 19.9 Å². The van der Waals surface area contributed by atoms with Crippen molar-refractivity contribution < 1.29 is 9.53 Å². The highest BCUT2D eigenvalue weighted by Gasteiger charge is 2.19. The van der Waals surface area contributed by atoms with Gasteiger partial charge in [-0.2, -0.15) is 0 Å². The van der Waals surface area contributed by atoms with Gasteiger partial charge in [0, 0.05) is 37.8 Å². The van der Waals surface area contributed by atoms with E-state index < -0.39 is 0 Å². The molecule has 0 N–H and O–H groups in total. The minimum atomic E-state index is 0.245. The lowest BCUT2D eigenvalue weighted by atomic mass is 10.1. The van der Waals surface area contributed by atoms with E-state index in [1.54, 1.807) is 6.20 Å². The predicted octanol–water partition coefficient (Wildman–Crippen LogP) is 2.17. The molecule has 0 aliphatic heterocycles. The number of aromatic nitrogens is 2. The van der Waals surface area contributed by atoms with Crippen LogP contribution in [-0.4, -0.2) is 21.9 Å². The van der Waals surface area contributed by atoms with E-state index in [0.717, 1.165) is 35.5 Å². The van der Waals surface area contributed by atoms with Gasteiger partial charge in [0.15, 0.2) is 5.78 Å². The SMILES string of the molecule is Cn1ccnc1CCOc1ccc2c(c1)CCC2=O. The molecule has 1 heterocycles. The summed E-state index contributed by atoms with van der Waals surface area (Å²) in [7, 11) is 1.98. The van der Waals surface area contributed by atoms with E-state index >= 15 is 0 Å². The average molecular weight is 256 g/mol. The van der Waals surface area contributed by atoms with E-state index in [0.29, 0.717) is 13.0 Å². The fraction of sp³-hybridized carbons (Fsp3) is 0.333. The molecule has 0 saturated carbocycles. The van der Waals surface area contributed by atoms with Gasteiger partial charge >= 0.3 is 0 Å². The second-order valence-corrected chi connectivity index (χ2v) is 4.79. The predicted molar refractivity (Wildman–Crippen MR) is 71.5 cm³/mol. The zero-order valence-electron chi connectivity index (χ0n) is 10.9. The highest BCUT2D eigenvalue weighted by atomic mass is 16.5. The fourth-order valence-electron chi connectivity index (χ4n) is 2.42. The van der Waals surface area contributed by atoms with Gasteiger partial charge in [0.05, 0.1) is 6.61 Å². The molecule has 19 heavy (non-hydrogen) atoms. The Morgan fingerprint density at radius 1 is 1.37 bits per heavy atom. The lowest BCUT2D eigenvalue weighted by Gasteiger charge is -2.07. The third-order valence-electron chi connectivity index (χ3n) is 3.51. The quantitative estimate of drug-likeness (QED) is 0.842. The van der Waals surface area contributed by atoms with Crippen LogP contribution in [0.15, 0.2) is 30.6 Å². The van der Waals surface area contributed by atoms with Crippen LogP contribution in [0.5, 0.6) is 5.75 Å². The molecule has 0 bridgehead atoms. The number of benzene rings is 1. The summed E-state index contributed by atoms with van der Waals surface area (Å²) < 4.78 is 7.72. The van der Waals surface area contributed by atoms with Crippen LogP contribution in [0.2, 0.25) is 0 Å². The molecule has 4 heteroatoms. The van der Waals surface area contributed by atoms with E-state index in [9.17, 15) is 4.79 Å². The first-order valence-electron chi connectivity index (χ1n) is 6.49. The molecule has 4 nitrogen and oxygen atoms in total. The van der Waals surface area contributed by atoms with Gasteiger partial charge in [-0.3, -0.25) is 4.79 Å². The average Bonchev–Trinajstić information content (AvgIpc) is 2.97. The van der Waals surface area contributed by atoms with Crippen LogP contribution in [0, 0.1) is 0 Å². The Balaban J connectivity index is 1.62. The van der Waals surface area contributed by atoms with Gasteiger partial charge in [0.25, 0.3) is 0 Å². The summed E-state index contributed by atoms with van der Waals surface area (Å²) in [6, 6.07) is 5.74. The third-order valence-corrected chi connectivity index (χ3v) is 3.51. The summed E-state index contributed by atoms with van der Waals surface area (Å²) in [6.45, 7) is 0.595. The molecule has 1 aromatic heterocycles. The van der Waals surface area contributed by atoms with Crippen LogP contribution in [0.1, 0.15) is 28.2 Å². The zero-order valence-corrected chi connectivity index (χ0v) is 10.9. The lowest BCUT2D eigenvalue weighted by molar-refractivity contribution is 0.0994. The Morgan fingerprint density at radius 3 is 3.05 bits per heavy atom. The van der Waals surface area contributed by atoms with Gasteiger partial charge in [0.1, 0.15) is 11.6 Å². The number of ether oxygens (including phenoxy) is 1. The Hall–Kier alpha value is -2.10. The molecule has 1 aliphatic rings. The van der Waals surface area contributed by atoms with Gasteiger partial charge in [0.2, 0.25) is 0 Å². The lowest BCUT2D eigenvalue weighted by Crippen LogP contribution is -2.06. The van der Waals surface area contributed by atoms with Gasteiger partial charge < -0.3 is 9.30 Å². The van der Waals surface area contributed by atoms with Crippen molar-refractivity contribution in [2.24, 2.45) is 7.05 Å². The van der Waals surface area contributed by atoms with Crippen molar-refractivity contribution in [3.05, 3.63) is 47.5 Å². The Morgan fingerprint density at radius 2 is 2.26 bits per heavy atom. The number of nitrogens with zero attached hydrogens (tertiary/aromatic N) is 2. The molecule has 0 radical (unpaired) electrons. The largest absolute Gasteiger partial charge is 0.493 e. The topological polar surface area (TPSA) is 44.1 Å². The van der Waals surface area contributed by atoms with Crippen LogP contribution in [0.3, 0.4) is 0 Å². The molecule has 2 aromatic rings. The van der Waals surface area contributed by atoms with Crippen LogP contribution < -0.4 is 4.74 Å². The van der Waals surface area contributed by atoms with E-state index in [1.165, 1.54) is 0 Å². The minimum Gasteiger partial charge on any atom is -0.493 e. The number of fused-ring (bicyclic) bond motifs is 1. The standard InChI is InChI=1S/C15H16N2O2/c1-17-8-7-16-15(17)6-9-19-12-3-4-13-11(10-12)2-5-14(13)18/h3-4,7-8,10H,2,5-6,9H2,1H3. The van der Waals surface area contributed by atoms with Crippen molar-refractivity contribution in [1.82, 2.24) is 9.55 Å². The second kappa shape index (κ2) is 4.88.